The molecule has 6 heteroatoms. The average molecular weight is 287 g/mol. The van der Waals surface area contributed by atoms with Gasteiger partial charge in [0.1, 0.15) is 11.4 Å². The highest BCUT2D eigenvalue weighted by molar-refractivity contribution is 5.87. The summed E-state index contributed by atoms with van der Waals surface area (Å²) in [7, 11) is 0. The Morgan fingerprint density at radius 1 is 1.43 bits per heavy atom. The van der Waals surface area contributed by atoms with Crippen molar-refractivity contribution in [3.05, 3.63) is 35.7 Å². The Morgan fingerprint density at radius 2 is 2.19 bits per heavy atom. The lowest BCUT2D eigenvalue weighted by Gasteiger charge is -2.12. The van der Waals surface area contributed by atoms with E-state index in [2.05, 4.69) is 10.3 Å². The summed E-state index contributed by atoms with van der Waals surface area (Å²) >= 11 is 0. The molecule has 1 aromatic carbocycles. The quantitative estimate of drug-likeness (QED) is 0.883. The second-order valence-electron chi connectivity index (χ2n) is 5.13. The van der Waals surface area contributed by atoms with Gasteiger partial charge in [0.2, 0.25) is 0 Å². The number of ether oxygens (including phenoxy) is 1. The van der Waals surface area contributed by atoms with Gasteiger partial charge in [0.05, 0.1) is 12.3 Å². The predicted molar refractivity (Wildman–Crippen MR) is 76.1 cm³/mol. The molecule has 1 N–H and O–H groups in total. The van der Waals surface area contributed by atoms with E-state index in [0.717, 1.165) is 24.9 Å². The molecule has 21 heavy (non-hydrogen) atoms. The number of hydrogen-bond acceptors (Lipinski definition) is 4. The second-order valence-corrected chi connectivity index (χ2v) is 5.13. The molecule has 0 atom stereocenters. The topological polar surface area (TPSA) is 77.2 Å². The summed E-state index contributed by atoms with van der Waals surface area (Å²) in [6.45, 7) is 2.65. The van der Waals surface area contributed by atoms with Crippen LogP contribution >= 0.6 is 0 Å². The molecule has 0 saturated heterocycles. The third kappa shape index (κ3) is 2.61. The van der Waals surface area contributed by atoms with E-state index in [0.29, 0.717) is 18.1 Å². The van der Waals surface area contributed by atoms with E-state index < -0.39 is 5.97 Å². The van der Waals surface area contributed by atoms with Crippen LogP contribution in [0.25, 0.3) is 5.69 Å². The minimum absolute atomic E-state index is 0.0443. The second kappa shape index (κ2) is 5.55. The average Bonchev–Trinajstić information content (AvgIpc) is 3.23. The van der Waals surface area contributed by atoms with Crippen molar-refractivity contribution < 1.29 is 14.6 Å². The number of hydrogen-bond donors (Lipinski definition) is 1. The number of nitrogens with zero attached hydrogens (tertiary/aromatic N) is 3. The van der Waals surface area contributed by atoms with Gasteiger partial charge < -0.3 is 9.84 Å². The van der Waals surface area contributed by atoms with Crippen molar-refractivity contribution in [3.63, 3.8) is 0 Å². The smallest absolute Gasteiger partial charge is 0.358 e. The van der Waals surface area contributed by atoms with Gasteiger partial charge in [0, 0.05) is 5.92 Å². The number of aromatic carboxylic acids is 1. The van der Waals surface area contributed by atoms with E-state index in [1.165, 1.54) is 0 Å². The standard InChI is InChI=1S/C15H17N3O3/c1-2-9-21-12-6-4-3-5-11(12)18-14(10-7-8-10)13(15(19)20)16-17-18/h3-6,10H,2,7-9H2,1H3,(H,19,20). The van der Waals surface area contributed by atoms with E-state index in [9.17, 15) is 9.90 Å². The molecule has 1 fully saturated rings. The van der Waals surface area contributed by atoms with Crippen molar-refractivity contribution in [2.75, 3.05) is 6.61 Å². The zero-order valence-corrected chi connectivity index (χ0v) is 11.8. The van der Waals surface area contributed by atoms with Crippen molar-refractivity contribution in [3.8, 4) is 11.4 Å². The normalized spacial score (nSPS) is 14.1. The maximum atomic E-state index is 11.3. The molecule has 0 radical (unpaired) electrons. The van der Waals surface area contributed by atoms with Crippen LogP contribution in [0.4, 0.5) is 0 Å². The molecule has 1 aliphatic rings. The molecule has 0 unspecified atom stereocenters. The van der Waals surface area contributed by atoms with Gasteiger partial charge in [0.25, 0.3) is 0 Å². The Balaban J connectivity index is 2.06. The van der Waals surface area contributed by atoms with Gasteiger partial charge in [-0.2, -0.15) is 0 Å². The van der Waals surface area contributed by atoms with Gasteiger partial charge in [-0.15, -0.1) is 5.10 Å². The van der Waals surface area contributed by atoms with Crippen LogP contribution in [0.5, 0.6) is 5.75 Å². The molecule has 0 amide bonds. The number of rotatable bonds is 6. The monoisotopic (exact) mass is 287 g/mol. The van der Waals surface area contributed by atoms with Crippen LogP contribution in [-0.4, -0.2) is 32.7 Å². The molecule has 110 valence electrons. The minimum atomic E-state index is -1.03. The van der Waals surface area contributed by atoms with Crippen LogP contribution in [-0.2, 0) is 0 Å². The minimum Gasteiger partial charge on any atom is -0.491 e. The number of benzene rings is 1. The fraction of sp³-hybridized carbons (Fsp3) is 0.400. The molecule has 0 spiro atoms. The Kier molecular flexibility index (Phi) is 3.60. The molecule has 0 aliphatic heterocycles. The number of para-hydroxylation sites is 2. The lowest BCUT2D eigenvalue weighted by Crippen LogP contribution is -2.08. The van der Waals surface area contributed by atoms with Crippen molar-refractivity contribution in [2.45, 2.75) is 32.1 Å². The molecule has 1 heterocycles. The SMILES string of the molecule is CCCOc1ccccc1-n1nnc(C(=O)O)c1C1CC1. The summed E-state index contributed by atoms with van der Waals surface area (Å²) in [4.78, 5) is 11.3. The summed E-state index contributed by atoms with van der Waals surface area (Å²) < 4.78 is 7.35. The van der Waals surface area contributed by atoms with Gasteiger partial charge in [-0.25, -0.2) is 9.48 Å². The van der Waals surface area contributed by atoms with Crippen LogP contribution in [0.15, 0.2) is 24.3 Å². The van der Waals surface area contributed by atoms with Crippen LogP contribution in [0.1, 0.15) is 48.3 Å². The largest absolute Gasteiger partial charge is 0.491 e. The first-order valence-corrected chi connectivity index (χ1v) is 7.13. The Labute approximate surface area is 122 Å². The third-order valence-electron chi connectivity index (χ3n) is 3.43. The maximum Gasteiger partial charge on any atom is 0.358 e. The molecular formula is C15H17N3O3. The first-order valence-electron chi connectivity index (χ1n) is 7.13. The van der Waals surface area contributed by atoms with Gasteiger partial charge in [-0.3, -0.25) is 0 Å². The van der Waals surface area contributed by atoms with Crippen molar-refractivity contribution in [1.82, 2.24) is 15.0 Å². The van der Waals surface area contributed by atoms with Gasteiger partial charge in [-0.1, -0.05) is 24.3 Å². The van der Waals surface area contributed by atoms with Crippen molar-refractivity contribution in [1.29, 1.82) is 0 Å². The molecule has 2 aromatic rings. The highest BCUT2D eigenvalue weighted by Crippen LogP contribution is 2.42. The number of carboxylic acids is 1. The van der Waals surface area contributed by atoms with Crippen molar-refractivity contribution >= 4 is 5.97 Å². The number of carbonyl (C=O) groups is 1. The summed E-state index contributed by atoms with van der Waals surface area (Å²) in [5, 5.41) is 17.1. The zero-order chi connectivity index (χ0) is 14.8. The van der Waals surface area contributed by atoms with Crippen LogP contribution < -0.4 is 4.74 Å². The molecule has 1 aromatic heterocycles. The molecular weight excluding hydrogens is 270 g/mol. The molecule has 0 bridgehead atoms. The Bertz CT molecular complexity index is 662. The molecule has 1 saturated carbocycles. The first-order chi connectivity index (χ1) is 10.2. The fourth-order valence-corrected chi connectivity index (χ4v) is 2.31. The van der Waals surface area contributed by atoms with Gasteiger partial charge >= 0.3 is 5.97 Å². The first kappa shape index (κ1) is 13.6. The van der Waals surface area contributed by atoms with Crippen LogP contribution in [0.2, 0.25) is 0 Å². The van der Waals surface area contributed by atoms with Crippen LogP contribution in [0, 0.1) is 0 Å². The van der Waals surface area contributed by atoms with Crippen molar-refractivity contribution in [2.24, 2.45) is 0 Å². The lowest BCUT2D eigenvalue weighted by atomic mass is 10.2. The Hall–Kier alpha value is -2.37. The summed E-state index contributed by atoms with van der Waals surface area (Å²) in [5.41, 5.74) is 1.46. The molecule has 3 rings (SSSR count). The third-order valence-corrected chi connectivity index (χ3v) is 3.43. The van der Waals surface area contributed by atoms with Gasteiger partial charge in [-0.05, 0) is 31.4 Å². The van der Waals surface area contributed by atoms with E-state index in [-0.39, 0.29) is 11.6 Å². The van der Waals surface area contributed by atoms with E-state index in [1.54, 1.807) is 4.68 Å². The van der Waals surface area contributed by atoms with E-state index >= 15 is 0 Å². The molecule has 6 nitrogen and oxygen atoms in total. The fourth-order valence-electron chi connectivity index (χ4n) is 2.31. The summed E-state index contributed by atoms with van der Waals surface area (Å²) in [6, 6.07) is 7.51. The number of carboxylic acid groups (broad SMARTS) is 1. The number of aromatic nitrogens is 3. The van der Waals surface area contributed by atoms with Crippen LogP contribution in [0.3, 0.4) is 0 Å². The highest BCUT2D eigenvalue weighted by atomic mass is 16.5. The van der Waals surface area contributed by atoms with Gasteiger partial charge in [0.15, 0.2) is 5.69 Å². The summed E-state index contributed by atoms with van der Waals surface area (Å²) in [6.07, 6.45) is 2.86. The van der Waals surface area contributed by atoms with E-state index in [4.69, 9.17) is 4.74 Å². The lowest BCUT2D eigenvalue weighted by molar-refractivity contribution is 0.0689. The molecule has 1 aliphatic carbocycles. The maximum absolute atomic E-state index is 11.3. The zero-order valence-electron chi connectivity index (χ0n) is 11.8. The Morgan fingerprint density at radius 3 is 2.86 bits per heavy atom. The highest BCUT2D eigenvalue weighted by Gasteiger charge is 2.34. The summed E-state index contributed by atoms with van der Waals surface area (Å²) in [5.74, 6) is -0.108. The predicted octanol–water partition coefficient (Wildman–Crippen LogP) is 2.63. The van der Waals surface area contributed by atoms with E-state index in [1.807, 2.05) is 31.2 Å².